The van der Waals surface area contributed by atoms with E-state index in [4.69, 9.17) is 4.74 Å². The Bertz CT molecular complexity index is 203. The molecule has 0 aliphatic heterocycles. The molecular formula is C15H31NO. The molecule has 0 spiro atoms. The second kappa shape index (κ2) is 6.75. The maximum atomic E-state index is 5.58. The van der Waals surface area contributed by atoms with Crippen molar-refractivity contribution in [2.24, 2.45) is 11.3 Å². The van der Waals surface area contributed by atoms with Gasteiger partial charge in [0.25, 0.3) is 0 Å². The molecule has 1 aliphatic carbocycles. The smallest absolute Gasteiger partial charge is 0.0622 e. The molecule has 102 valence electrons. The van der Waals surface area contributed by atoms with Gasteiger partial charge in [0.05, 0.1) is 6.61 Å². The van der Waals surface area contributed by atoms with Gasteiger partial charge < -0.3 is 10.1 Å². The molecule has 1 N–H and O–H groups in total. The van der Waals surface area contributed by atoms with Crippen LogP contribution in [0.1, 0.15) is 60.3 Å². The van der Waals surface area contributed by atoms with E-state index < -0.39 is 0 Å². The van der Waals surface area contributed by atoms with E-state index >= 15 is 0 Å². The van der Waals surface area contributed by atoms with Crippen molar-refractivity contribution in [2.75, 3.05) is 13.2 Å². The minimum Gasteiger partial charge on any atom is -0.380 e. The zero-order valence-electron chi connectivity index (χ0n) is 12.4. The average Bonchev–Trinajstić information content (AvgIpc) is 2.26. The van der Waals surface area contributed by atoms with Crippen molar-refractivity contribution in [3.8, 4) is 0 Å². The van der Waals surface area contributed by atoms with Crippen molar-refractivity contribution in [3.63, 3.8) is 0 Å². The Morgan fingerprint density at radius 2 is 1.82 bits per heavy atom. The highest BCUT2D eigenvalue weighted by Crippen LogP contribution is 2.35. The van der Waals surface area contributed by atoms with E-state index in [1.54, 1.807) is 0 Å². The lowest BCUT2D eigenvalue weighted by atomic mass is 9.75. The van der Waals surface area contributed by atoms with E-state index in [-0.39, 0.29) is 0 Å². The van der Waals surface area contributed by atoms with Gasteiger partial charge in [-0.2, -0.15) is 0 Å². The van der Waals surface area contributed by atoms with Gasteiger partial charge in [-0.25, -0.2) is 0 Å². The van der Waals surface area contributed by atoms with Crippen molar-refractivity contribution < 1.29 is 4.74 Å². The van der Waals surface area contributed by atoms with E-state index in [2.05, 4.69) is 39.9 Å². The van der Waals surface area contributed by atoms with E-state index in [0.29, 0.717) is 23.4 Å². The predicted molar refractivity (Wildman–Crippen MR) is 74.3 cm³/mol. The Hall–Kier alpha value is -0.0800. The molecule has 0 amide bonds. The molecule has 0 aromatic heterocycles. The first kappa shape index (κ1) is 15.0. The second-order valence-corrected chi connectivity index (χ2v) is 6.62. The van der Waals surface area contributed by atoms with Crippen LogP contribution < -0.4 is 5.32 Å². The monoisotopic (exact) mass is 241 g/mol. The number of rotatable bonds is 6. The zero-order chi connectivity index (χ0) is 12.9. The molecule has 1 saturated carbocycles. The van der Waals surface area contributed by atoms with Gasteiger partial charge in [0.1, 0.15) is 0 Å². The number of ether oxygens (including phenoxy) is 1. The molecule has 2 nitrogen and oxygen atoms in total. The van der Waals surface area contributed by atoms with Crippen molar-refractivity contribution in [1.29, 1.82) is 0 Å². The SMILES string of the molecule is CCOCC(NC1CCC(C)(C)CC1)C(C)C. The lowest BCUT2D eigenvalue weighted by molar-refractivity contribution is 0.0946. The lowest BCUT2D eigenvalue weighted by Gasteiger charge is -2.37. The Kier molecular flexibility index (Phi) is 5.94. The summed E-state index contributed by atoms with van der Waals surface area (Å²) in [5.41, 5.74) is 0.561. The van der Waals surface area contributed by atoms with Gasteiger partial charge in [-0.05, 0) is 43.9 Å². The summed E-state index contributed by atoms with van der Waals surface area (Å²) in [6, 6.07) is 1.22. The maximum absolute atomic E-state index is 5.58. The van der Waals surface area contributed by atoms with Crippen molar-refractivity contribution in [3.05, 3.63) is 0 Å². The standard InChI is InChI=1S/C15H31NO/c1-6-17-11-14(12(2)3)16-13-7-9-15(4,5)10-8-13/h12-14,16H,6-11H2,1-5H3. The maximum Gasteiger partial charge on any atom is 0.0622 e. The van der Waals surface area contributed by atoms with Crippen LogP contribution in [0.4, 0.5) is 0 Å². The Balaban J connectivity index is 2.35. The molecule has 1 rings (SSSR count). The molecule has 0 aromatic rings. The van der Waals surface area contributed by atoms with Gasteiger partial charge in [0.2, 0.25) is 0 Å². The summed E-state index contributed by atoms with van der Waals surface area (Å²) in [4.78, 5) is 0. The minimum atomic E-state index is 0.515. The van der Waals surface area contributed by atoms with Crippen LogP contribution >= 0.6 is 0 Å². The highest BCUT2D eigenvalue weighted by molar-refractivity contribution is 4.85. The first-order valence-electron chi connectivity index (χ1n) is 7.28. The molecule has 0 heterocycles. The third kappa shape index (κ3) is 5.39. The van der Waals surface area contributed by atoms with E-state index in [1.165, 1.54) is 25.7 Å². The summed E-state index contributed by atoms with van der Waals surface area (Å²) >= 11 is 0. The molecule has 0 aromatic carbocycles. The van der Waals surface area contributed by atoms with Crippen LogP contribution in [0.3, 0.4) is 0 Å². The fourth-order valence-electron chi connectivity index (χ4n) is 2.55. The predicted octanol–water partition coefficient (Wildman–Crippen LogP) is 3.61. The van der Waals surface area contributed by atoms with Crippen LogP contribution in [0.25, 0.3) is 0 Å². The zero-order valence-corrected chi connectivity index (χ0v) is 12.4. The molecule has 0 radical (unpaired) electrons. The van der Waals surface area contributed by atoms with E-state index in [0.717, 1.165) is 13.2 Å². The molecule has 1 fully saturated rings. The fourth-order valence-corrected chi connectivity index (χ4v) is 2.55. The summed E-state index contributed by atoms with van der Waals surface area (Å²) in [5.74, 6) is 0.650. The summed E-state index contributed by atoms with van der Waals surface area (Å²) in [5, 5.41) is 3.80. The summed E-state index contributed by atoms with van der Waals surface area (Å²) in [6.45, 7) is 13.1. The van der Waals surface area contributed by atoms with Crippen LogP contribution in [-0.4, -0.2) is 25.3 Å². The van der Waals surface area contributed by atoms with Gasteiger partial charge in [-0.3, -0.25) is 0 Å². The summed E-state index contributed by atoms with van der Waals surface area (Å²) < 4.78 is 5.58. The van der Waals surface area contributed by atoms with E-state index in [9.17, 15) is 0 Å². The van der Waals surface area contributed by atoms with E-state index in [1.807, 2.05) is 0 Å². The highest BCUT2D eigenvalue weighted by atomic mass is 16.5. The van der Waals surface area contributed by atoms with Crippen molar-refractivity contribution in [1.82, 2.24) is 5.32 Å². The molecule has 17 heavy (non-hydrogen) atoms. The minimum absolute atomic E-state index is 0.515. The molecule has 1 atom stereocenters. The summed E-state index contributed by atoms with van der Waals surface area (Å²) in [6.07, 6.45) is 5.35. The lowest BCUT2D eigenvalue weighted by Crippen LogP contribution is -2.46. The molecule has 1 aliphatic rings. The van der Waals surface area contributed by atoms with Gasteiger partial charge in [-0.1, -0.05) is 27.7 Å². The van der Waals surface area contributed by atoms with Gasteiger partial charge >= 0.3 is 0 Å². The van der Waals surface area contributed by atoms with Gasteiger partial charge in [0, 0.05) is 18.7 Å². The normalized spacial score (nSPS) is 22.9. The fraction of sp³-hybridized carbons (Fsp3) is 1.00. The number of nitrogens with one attached hydrogen (secondary N) is 1. The second-order valence-electron chi connectivity index (χ2n) is 6.62. The van der Waals surface area contributed by atoms with Crippen LogP contribution in [0.5, 0.6) is 0 Å². The molecular weight excluding hydrogens is 210 g/mol. The molecule has 0 saturated heterocycles. The number of hydrogen-bond donors (Lipinski definition) is 1. The van der Waals surface area contributed by atoms with Crippen molar-refractivity contribution in [2.45, 2.75) is 72.4 Å². The largest absolute Gasteiger partial charge is 0.380 e. The molecule has 2 heteroatoms. The Morgan fingerprint density at radius 1 is 1.24 bits per heavy atom. The quantitative estimate of drug-likeness (QED) is 0.767. The van der Waals surface area contributed by atoms with Gasteiger partial charge in [0.15, 0.2) is 0 Å². The van der Waals surface area contributed by atoms with Crippen LogP contribution in [-0.2, 0) is 4.74 Å². The Morgan fingerprint density at radius 3 is 2.29 bits per heavy atom. The van der Waals surface area contributed by atoms with Crippen LogP contribution in [0.2, 0.25) is 0 Å². The van der Waals surface area contributed by atoms with Crippen molar-refractivity contribution >= 4 is 0 Å². The molecule has 0 bridgehead atoms. The highest BCUT2D eigenvalue weighted by Gasteiger charge is 2.28. The molecule has 1 unspecified atom stereocenters. The Labute approximate surface area is 108 Å². The van der Waals surface area contributed by atoms with Crippen LogP contribution in [0, 0.1) is 11.3 Å². The topological polar surface area (TPSA) is 21.3 Å². The average molecular weight is 241 g/mol. The third-order valence-corrected chi connectivity index (χ3v) is 4.10. The van der Waals surface area contributed by atoms with Gasteiger partial charge in [-0.15, -0.1) is 0 Å². The third-order valence-electron chi connectivity index (χ3n) is 4.10. The first-order valence-corrected chi connectivity index (χ1v) is 7.28. The number of hydrogen-bond acceptors (Lipinski definition) is 2. The first-order chi connectivity index (χ1) is 7.94. The summed E-state index contributed by atoms with van der Waals surface area (Å²) in [7, 11) is 0. The van der Waals surface area contributed by atoms with Crippen LogP contribution in [0.15, 0.2) is 0 Å².